The molecule has 13 nitrogen and oxygen atoms in total. The highest BCUT2D eigenvalue weighted by atomic mass is 16.4. The summed E-state index contributed by atoms with van der Waals surface area (Å²) in [5, 5.41) is 26.4. The van der Waals surface area contributed by atoms with Crippen molar-refractivity contribution in [3.05, 3.63) is 29.8 Å². The molecular formula is C25H40N6O7. The average molecular weight is 537 g/mol. The first-order chi connectivity index (χ1) is 17.8. The molecule has 0 bridgehead atoms. The number of primary amides is 1. The topological polar surface area (TPSA) is 240 Å². The molecule has 0 spiro atoms. The molecule has 0 radical (unpaired) electrons. The van der Waals surface area contributed by atoms with Crippen molar-refractivity contribution in [3.8, 4) is 5.75 Å². The van der Waals surface area contributed by atoms with E-state index in [2.05, 4.69) is 16.0 Å². The molecule has 0 fully saturated rings. The van der Waals surface area contributed by atoms with Crippen molar-refractivity contribution in [2.45, 2.75) is 76.5 Å². The van der Waals surface area contributed by atoms with E-state index in [4.69, 9.17) is 17.2 Å². The standard InChI is InChI=1S/C25H40N6O7/c1-14(2)11-18(23(35)31-20(25(37)38)13-21(28)33)30-24(36)19(12-15-6-8-16(32)9-7-15)29-22(34)17(27)5-3-4-10-26/h6-9,14,17-20,32H,3-5,10-13,26-27H2,1-2H3,(H2,28,33)(H,29,34)(H,30,36)(H,31,35)(H,37,38). The summed E-state index contributed by atoms with van der Waals surface area (Å²) >= 11 is 0. The molecule has 11 N–H and O–H groups in total. The number of nitrogens with one attached hydrogen (secondary N) is 3. The monoisotopic (exact) mass is 536 g/mol. The number of carboxylic acid groups (broad SMARTS) is 1. The van der Waals surface area contributed by atoms with Gasteiger partial charge in [0.1, 0.15) is 23.9 Å². The van der Waals surface area contributed by atoms with Crippen LogP contribution in [0.25, 0.3) is 0 Å². The number of phenolic OH excluding ortho intramolecular Hbond substituents is 1. The van der Waals surface area contributed by atoms with Gasteiger partial charge in [-0.05, 0) is 49.4 Å². The Bertz CT molecular complexity index is 954. The second kappa shape index (κ2) is 16.2. The predicted molar refractivity (Wildman–Crippen MR) is 139 cm³/mol. The fraction of sp³-hybridized carbons (Fsp3) is 0.560. The van der Waals surface area contributed by atoms with Gasteiger partial charge >= 0.3 is 5.97 Å². The van der Waals surface area contributed by atoms with Crippen LogP contribution in [-0.4, -0.2) is 70.5 Å². The molecule has 212 valence electrons. The second-order valence-corrected chi connectivity index (χ2v) is 9.58. The highest BCUT2D eigenvalue weighted by Crippen LogP contribution is 2.13. The summed E-state index contributed by atoms with van der Waals surface area (Å²) in [7, 11) is 0. The smallest absolute Gasteiger partial charge is 0.326 e. The first-order valence-corrected chi connectivity index (χ1v) is 12.5. The number of carboxylic acids is 1. The van der Waals surface area contributed by atoms with Crippen LogP contribution < -0.4 is 33.2 Å². The van der Waals surface area contributed by atoms with Crippen molar-refractivity contribution in [3.63, 3.8) is 0 Å². The molecule has 4 atom stereocenters. The molecule has 0 saturated carbocycles. The number of amides is 4. The Morgan fingerprint density at radius 3 is 1.95 bits per heavy atom. The van der Waals surface area contributed by atoms with E-state index >= 15 is 0 Å². The molecule has 38 heavy (non-hydrogen) atoms. The Morgan fingerprint density at radius 1 is 0.868 bits per heavy atom. The number of aromatic hydroxyl groups is 1. The maximum absolute atomic E-state index is 13.3. The van der Waals surface area contributed by atoms with Crippen LogP contribution >= 0.6 is 0 Å². The Hall–Kier alpha value is -3.71. The Kier molecular flexibility index (Phi) is 13.8. The molecule has 1 rings (SSSR count). The van der Waals surface area contributed by atoms with E-state index in [0.29, 0.717) is 31.4 Å². The normalized spacial score (nSPS) is 14.1. The number of hydrogen-bond acceptors (Lipinski definition) is 8. The third-order valence-electron chi connectivity index (χ3n) is 5.68. The van der Waals surface area contributed by atoms with Crippen molar-refractivity contribution in [2.75, 3.05) is 6.54 Å². The van der Waals surface area contributed by atoms with E-state index in [1.165, 1.54) is 12.1 Å². The third-order valence-corrected chi connectivity index (χ3v) is 5.68. The summed E-state index contributed by atoms with van der Waals surface area (Å²) < 4.78 is 0. The van der Waals surface area contributed by atoms with Crippen molar-refractivity contribution < 1.29 is 34.2 Å². The molecule has 0 saturated heterocycles. The zero-order valence-electron chi connectivity index (χ0n) is 21.8. The van der Waals surface area contributed by atoms with E-state index in [-0.39, 0.29) is 24.5 Å². The quantitative estimate of drug-likeness (QED) is 0.112. The van der Waals surface area contributed by atoms with E-state index in [1.54, 1.807) is 26.0 Å². The molecule has 0 aliphatic carbocycles. The zero-order chi connectivity index (χ0) is 28.8. The Labute approximate surface area is 221 Å². The molecule has 0 aliphatic heterocycles. The largest absolute Gasteiger partial charge is 0.508 e. The van der Waals surface area contributed by atoms with Gasteiger partial charge in [0.05, 0.1) is 12.5 Å². The van der Waals surface area contributed by atoms with Gasteiger partial charge in [0.15, 0.2) is 0 Å². The molecule has 13 heteroatoms. The first-order valence-electron chi connectivity index (χ1n) is 12.5. The van der Waals surface area contributed by atoms with Crippen LogP contribution in [0.2, 0.25) is 0 Å². The van der Waals surface area contributed by atoms with Crippen LogP contribution in [0.15, 0.2) is 24.3 Å². The number of carbonyl (C=O) groups excluding carboxylic acids is 4. The van der Waals surface area contributed by atoms with Gasteiger partial charge in [-0.3, -0.25) is 19.2 Å². The summed E-state index contributed by atoms with van der Waals surface area (Å²) in [4.78, 5) is 61.7. The van der Waals surface area contributed by atoms with Crippen molar-refractivity contribution in [1.82, 2.24) is 16.0 Å². The van der Waals surface area contributed by atoms with E-state index in [0.717, 1.165) is 0 Å². The number of unbranched alkanes of at least 4 members (excludes halogenated alkanes) is 1. The molecule has 0 aromatic heterocycles. The fourth-order valence-corrected chi connectivity index (χ4v) is 3.64. The minimum Gasteiger partial charge on any atom is -0.508 e. The van der Waals surface area contributed by atoms with Crippen LogP contribution in [0, 0.1) is 5.92 Å². The van der Waals surface area contributed by atoms with Gasteiger partial charge in [0, 0.05) is 6.42 Å². The number of rotatable bonds is 17. The van der Waals surface area contributed by atoms with Crippen molar-refractivity contribution in [1.29, 1.82) is 0 Å². The number of benzene rings is 1. The number of carbonyl (C=O) groups is 5. The van der Waals surface area contributed by atoms with E-state index < -0.39 is 60.2 Å². The van der Waals surface area contributed by atoms with Crippen LogP contribution in [0.1, 0.15) is 51.5 Å². The first kappa shape index (κ1) is 32.3. The highest BCUT2D eigenvalue weighted by Gasteiger charge is 2.31. The number of nitrogens with two attached hydrogens (primary N) is 3. The van der Waals surface area contributed by atoms with Crippen LogP contribution in [-0.2, 0) is 30.4 Å². The van der Waals surface area contributed by atoms with Gasteiger partial charge in [-0.15, -0.1) is 0 Å². The number of aliphatic carboxylic acids is 1. The zero-order valence-corrected chi connectivity index (χ0v) is 21.8. The number of phenols is 1. The van der Waals surface area contributed by atoms with Crippen molar-refractivity contribution >= 4 is 29.6 Å². The summed E-state index contributed by atoms with van der Waals surface area (Å²) in [5.41, 5.74) is 17.2. The van der Waals surface area contributed by atoms with Gasteiger partial charge < -0.3 is 43.4 Å². The maximum Gasteiger partial charge on any atom is 0.326 e. The molecule has 1 aromatic rings. The van der Waals surface area contributed by atoms with Crippen LogP contribution in [0.3, 0.4) is 0 Å². The molecule has 4 unspecified atom stereocenters. The van der Waals surface area contributed by atoms with Gasteiger partial charge in [-0.25, -0.2) is 4.79 Å². The van der Waals surface area contributed by atoms with Gasteiger partial charge in [0.2, 0.25) is 23.6 Å². The Balaban J connectivity index is 3.11. The lowest BCUT2D eigenvalue weighted by molar-refractivity contribution is -0.143. The summed E-state index contributed by atoms with van der Waals surface area (Å²) in [6.07, 6.45) is 1.25. The van der Waals surface area contributed by atoms with Gasteiger partial charge in [-0.1, -0.05) is 32.4 Å². The van der Waals surface area contributed by atoms with E-state index in [9.17, 15) is 34.2 Å². The summed E-state index contributed by atoms with van der Waals surface area (Å²) in [6.45, 7) is 4.07. The fourth-order valence-electron chi connectivity index (χ4n) is 3.64. The highest BCUT2D eigenvalue weighted by molar-refractivity contribution is 5.95. The lowest BCUT2D eigenvalue weighted by atomic mass is 10.00. The maximum atomic E-state index is 13.3. The molecule has 4 amide bonds. The molecule has 1 aromatic carbocycles. The third kappa shape index (κ3) is 12.0. The van der Waals surface area contributed by atoms with Crippen LogP contribution in [0.4, 0.5) is 0 Å². The lowest BCUT2D eigenvalue weighted by Gasteiger charge is -2.26. The Morgan fingerprint density at radius 2 is 1.42 bits per heavy atom. The minimum atomic E-state index is -1.56. The number of hydrogen-bond donors (Lipinski definition) is 8. The van der Waals surface area contributed by atoms with E-state index in [1.807, 2.05) is 0 Å². The van der Waals surface area contributed by atoms with Crippen molar-refractivity contribution in [2.24, 2.45) is 23.1 Å². The molecule has 0 aliphatic rings. The molecular weight excluding hydrogens is 496 g/mol. The summed E-state index contributed by atoms with van der Waals surface area (Å²) in [5.74, 6) is -4.48. The lowest BCUT2D eigenvalue weighted by Crippen LogP contribution is -2.58. The van der Waals surface area contributed by atoms with Crippen LogP contribution in [0.5, 0.6) is 5.75 Å². The van der Waals surface area contributed by atoms with Gasteiger partial charge in [-0.2, -0.15) is 0 Å². The predicted octanol–water partition coefficient (Wildman–Crippen LogP) is -1.15. The van der Waals surface area contributed by atoms with Gasteiger partial charge in [0.25, 0.3) is 0 Å². The SMILES string of the molecule is CC(C)CC(NC(=O)C(Cc1ccc(O)cc1)NC(=O)C(N)CCCCN)C(=O)NC(CC(N)=O)C(=O)O. The minimum absolute atomic E-state index is 0.0262. The summed E-state index contributed by atoms with van der Waals surface area (Å²) in [6, 6.07) is 1.31. The molecule has 0 heterocycles. The second-order valence-electron chi connectivity index (χ2n) is 9.58. The average Bonchev–Trinajstić information content (AvgIpc) is 2.83.